The lowest BCUT2D eigenvalue weighted by atomic mass is 10.0. The molecule has 0 saturated heterocycles. The number of hydrogen-bond donors (Lipinski definition) is 4. The van der Waals surface area contributed by atoms with Crippen LogP contribution in [0.1, 0.15) is 251 Å². The SMILES string of the molecule is CC/C=C\C/C=C\C/C=C\C/C=C\CCCCCCCCCCCCC(=O)OC(CCCCC/C=C\CCCCCCCCCC)CCCCCCCC(=O)NCC(=O)NC(CO)C(=O)O. The lowest BCUT2D eigenvalue weighted by Crippen LogP contribution is -2.47. The number of aliphatic carboxylic acids is 1. The second-order valence-electron chi connectivity index (χ2n) is 18.3. The third-order valence-electron chi connectivity index (χ3n) is 12.0. The van der Waals surface area contributed by atoms with E-state index in [9.17, 15) is 19.2 Å². The van der Waals surface area contributed by atoms with Crippen LogP contribution in [0.25, 0.3) is 0 Å². The topological polar surface area (TPSA) is 142 Å². The predicted octanol–water partition coefficient (Wildman–Crippen LogP) is 14.8. The summed E-state index contributed by atoms with van der Waals surface area (Å²) >= 11 is 0. The van der Waals surface area contributed by atoms with Crippen LogP contribution in [0.15, 0.2) is 60.8 Å². The molecule has 0 rings (SSSR count). The Morgan fingerprint density at radius 1 is 0.470 bits per heavy atom. The van der Waals surface area contributed by atoms with Crippen LogP contribution < -0.4 is 10.6 Å². The molecule has 2 atom stereocenters. The van der Waals surface area contributed by atoms with Crippen molar-refractivity contribution in [3.8, 4) is 0 Å². The van der Waals surface area contributed by atoms with Gasteiger partial charge in [-0.1, -0.05) is 197 Å². The molecule has 0 heterocycles. The minimum atomic E-state index is -1.39. The fourth-order valence-electron chi connectivity index (χ4n) is 7.88. The number of allylic oxidation sites excluding steroid dienone is 10. The molecule has 0 bridgehead atoms. The van der Waals surface area contributed by atoms with Gasteiger partial charge in [-0.3, -0.25) is 14.4 Å². The molecule has 9 heteroatoms. The Morgan fingerprint density at radius 2 is 0.864 bits per heavy atom. The van der Waals surface area contributed by atoms with Crippen molar-refractivity contribution in [1.29, 1.82) is 0 Å². The van der Waals surface area contributed by atoms with E-state index in [2.05, 4.69) is 85.2 Å². The van der Waals surface area contributed by atoms with Crippen molar-refractivity contribution in [3.05, 3.63) is 60.8 Å². The van der Waals surface area contributed by atoms with E-state index in [0.717, 1.165) is 96.3 Å². The number of carbonyl (C=O) groups excluding carboxylic acids is 3. The smallest absolute Gasteiger partial charge is 0.328 e. The zero-order valence-corrected chi connectivity index (χ0v) is 42.4. The maximum Gasteiger partial charge on any atom is 0.328 e. The molecule has 0 radical (unpaired) electrons. The van der Waals surface area contributed by atoms with Gasteiger partial charge >= 0.3 is 11.9 Å². The lowest BCUT2D eigenvalue weighted by Gasteiger charge is -2.18. The third kappa shape index (κ3) is 47.0. The maximum absolute atomic E-state index is 12.9. The summed E-state index contributed by atoms with van der Waals surface area (Å²) in [5.41, 5.74) is 0. The van der Waals surface area contributed by atoms with Crippen LogP contribution >= 0.6 is 0 Å². The molecule has 2 unspecified atom stereocenters. The monoisotopic (exact) mass is 925 g/mol. The van der Waals surface area contributed by atoms with Crippen LogP contribution in [0.2, 0.25) is 0 Å². The summed E-state index contributed by atoms with van der Waals surface area (Å²) in [4.78, 5) is 47.9. The highest BCUT2D eigenvalue weighted by Gasteiger charge is 2.19. The highest BCUT2D eigenvalue weighted by atomic mass is 16.5. The first-order valence-electron chi connectivity index (χ1n) is 27.2. The summed E-state index contributed by atoms with van der Waals surface area (Å²) in [7, 11) is 0. The van der Waals surface area contributed by atoms with Gasteiger partial charge in [0, 0.05) is 12.8 Å². The minimum Gasteiger partial charge on any atom is -0.480 e. The summed E-state index contributed by atoms with van der Waals surface area (Å²) in [5.74, 6) is -2.30. The van der Waals surface area contributed by atoms with Gasteiger partial charge in [0.25, 0.3) is 0 Å². The molecule has 0 spiro atoms. The van der Waals surface area contributed by atoms with Crippen LogP contribution in [0.3, 0.4) is 0 Å². The zero-order valence-electron chi connectivity index (χ0n) is 42.4. The Balaban J connectivity index is 4.29. The number of aliphatic hydroxyl groups excluding tert-OH is 1. The van der Waals surface area contributed by atoms with Gasteiger partial charge in [-0.25, -0.2) is 4.79 Å². The van der Waals surface area contributed by atoms with E-state index in [-0.39, 0.29) is 24.5 Å². The highest BCUT2D eigenvalue weighted by molar-refractivity contribution is 5.87. The van der Waals surface area contributed by atoms with Crippen molar-refractivity contribution < 1.29 is 34.1 Å². The molecule has 0 aliphatic heterocycles. The average molecular weight is 925 g/mol. The Bertz CT molecular complexity index is 1290. The summed E-state index contributed by atoms with van der Waals surface area (Å²) in [5, 5.41) is 22.7. The van der Waals surface area contributed by atoms with Crippen molar-refractivity contribution >= 4 is 23.8 Å². The van der Waals surface area contributed by atoms with Gasteiger partial charge in [-0.15, -0.1) is 0 Å². The van der Waals surface area contributed by atoms with Crippen molar-refractivity contribution in [2.24, 2.45) is 0 Å². The van der Waals surface area contributed by atoms with Crippen molar-refractivity contribution in [2.45, 2.75) is 264 Å². The van der Waals surface area contributed by atoms with E-state index >= 15 is 0 Å². The molecule has 0 aliphatic rings. The summed E-state index contributed by atoms with van der Waals surface area (Å²) in [6, 6.07) is -1.39. The Hall–Kier alpha value is -3.46. The second-order valence-corrected chi connectivity index (χ2v) is 18.3. The Kier molecular flexibility index (Phi) is 48.3. The van der Waals surface area contributed by atoms with Gasteiger partial charge in [-0.05, 0) is 103 Å². The highest BCUT2D eigenvalue weighted by Crippen LogP contribution is 2.19. The van der Waals surface area contributed by atoms with Gasteiger partial charge in [0.15, 0.2) is 0 Å². The predicted molar refractivity (Wildman–Crippen MR) is 277 cm³/mol. The summed E-state index contributed by atoms with van der Waals surface area (Å²) in [6.07, 6.45) is 64.0. The van der Waals surface area contributed by atoms with E-state index in [0.29, 0.717) is 19.3 Å². The third-order valence-corrected chi connectivity index (χ3v) is 12.0. The number of hydrogen-bond acceptors (Lipinski definition) is 6. The molecule has 66 heavy (non-hydrogen) atoms. The second kappa shape index (κ2) is 50.9. The number of aliphatic hydroxyl groups is 1. The molecule has 4 N–H and O–H groups in total. The number of ether oxygens (including phenoxy) is 1. The number of carboxylic acids is 1. The molecular formula is C57H100N2O7. The number of carboxylic acid groups (broad SMARTS) is 1. The molecule has 0 aliphatic carbocycles. The van der Waals surface area contributed by atoms with Gasteiger partial charge in [0.2, 0.25) is 11.8 Å². The standard InChI is InChI=1S/C57H100N2O7/c1-3-5-7-9-11-13-15-17-19-20-21-22-23-24-25-26-28-30-32-34-36-41-45-49-56(63)66-52(46-42-38-35-33-31-29-27-18-16-14-12-10-8-6-4-2)47-43-39-37-40-44-48-54(61)58-50-55(62)59-53(51-60)57(64)65/h5,7,11,13,17,19,21-22,29,31,52-53,60H,3-4,6,8-10,12,14-16,18,20,23-28,30,32-51H2,1-2H3,(H,58,61)(H,59,62)(H,64,65)/b7-5-,13-11-,19-17-,22-21-,31-29-. The molecule has 0 aromatic rings. The number of amides is 2. The summed E-state index contributed by atoms with van der Waals surface area (Å²) in [6.45, 7) is 3.39. The molecule has 0 aromatic carbocycles. The fraction of sp³-hybridized carbons (Fsp3) is 0.754. The largest absolute Gasteiger partial charge is 0.480 e. The molecule has 0 aromatic heterocycles. The lowest BCUT2D eigenvalue weighted by molar-refractivity contribution is -0.150. The van der Waals surface area contributed by atoms with Crippen LogP contribution in [0, 0.1) is 0 Å². The van der Waals surface area contributed by atoms with E-state index in [1.165, 1.54) is 122 Å². The van der Waals surface area contributed by atoms with Gasteiger partial charge < -0.3 is 25.6 Å². The van der Waals surface area contributed by atoms with Gasteiger partial charge in [0.1, 0.15) is 12.1 Å². The number of esters is 1. The fourth-order valence-corrected chi connectivity index (χ4v) is 7.88. The molecule has 380 valence electrons. The number of carbonyl (C=O) groups is 4. The van der Waals surface area contributed by atoms with Gasteiger partial charge in [0.05, 0.1) is 13.2 Å². The molecular weight excluding hydrogens is 825 g/mol. The maximum atomic E-state index is 12.9. The number of unbranched alkanes of at least 4 members (excludes halogenated alkanes) is 25. The number of rotatable bonds is 49. The van der Waals surface area contributed by atoms with Crippen molar-refractivity contribution in [2.75, 3.05) is 13.2 Å². The first kappa shape index (κ1) is 62.5. The summed E-state index contributed by atoms with van der Waals surface area (Å²) < 4.78 is 6.07. The van der Waals surface area contributed by atoms with Crippen LogP contribution in [0.5, 0.6) is 0 Å². The van der Waals surface area contributed by atoms with E-state index in [1.54, 1.807) is 0 Å². The first-order valence-corrected chi connectivity index (χ1v) is 27.2. The van der Waals surface area contributed by atoms with E-state index in [1.807, 2.05) is 0 Å². The normalized spacial score (nSPS) is 12.9. The van der Waals surface area contributed by atoms with Crippen LogP contribution in [-0.2, 0) is 23.9 Å². The first-order chi connectivity index (χ1) is 32.3. The molecule has 9 nitrogen and oxygen atoms in total. The molecule has 2 amide bonds. The van der Waals surface area contributed by atoms with Crippen LogP contribution in [-0.4, -0.2) is 59.3 Å². The quantitative estimate of drug-likeness (QED) is 0.0270. The minimum absolute atomic E-state index is 0.0348. The van der Waals surface area contributed by atoms with Crippen LogP contribution in [0.4, 0.5) is 0 Å². The van der Waals surface area contributed by atoms with Crippen molar-refractivity contribution in [1.82, 2.24) is 10.6 Å². The average Bonchev–Trinajstić information content (AvgIpc) is 3.30. The Labute approximate surface area is 404 Å². The Morgan fingerprint density at radius 3 is 1.33 bits per heavy atom. The van der Waals surface area contributed by atoms with Gasteiger partial charge in [-0.2, -0.15) is 0 Å². The van der Waals surface area contributed by atoms with E-state index < -0.39 is 24.5 Å². The van der Waals surface area contributed by atoms with Crippen molar-refractivity contribution in [3.63, 3.8) is 0 Å². The molecule has 0 saturated carbocycles. The molecule has 0 fully saturated rings. The zero-order chi connectivity index (χ0) is 48.2. The van der Waals surface area contributed by atoms with E-state index in [4.69, 9.17) is 14.9 Å². The number of nitrogens with one attached hydrogen (secondary N) is 2.